The van der Waals surface area contributed by atoms with Crippen molar-refractivity contribution >= 4 is 17.1 Å². The summed E-state index contributed by atoms with van der Waals surface area (Å²) in [6.45, 7) is 16.8. The fourth-order valence-corrected chi connectivity index (χ4v) is 5.07. The van der Waals surface area contributed by atoms with Crippen molar-refractivity contribution in [3.05, 3.63) is 129 Å². The highest BCUT2D eigenvalue weighted by Gasteiger charge is 2.07. The van der Waals surface area contributed by atoms with Gasteiger partial charge in [-0.3, -0.25) is 4.99 Å². The lowest BCUT2D eigenvalue weighted by Crippen LogP contribution is -2.02. The maximum atomic E-state index is 9.19. The first kappa shape index (κ1) is 32.3. The van der Waals surface area contributed by atoms with Gasteiger partial charge in [-0.2, -0.15) is 0 Å². The average molecular weight is 565 g/mol. The number of rotatable bonds is 8. The van der Waals surface area contributed by atoms with Gasteiger partial charge < -0.3 is 20.3 Å². The first-order valence-electron chi connectivity index (χ1n) is 14.2. The van der Waals surface area contributed by atoms with E-state index >= 15 is 0 Å². The van der Waals surface area contributed by atoms with Crippen molar-refractivity contribution in [3.8, 4) is 11.5 Å². The normalized spacial score (nSPS) is 11.6. The standard InChI is InChI=1S/C23H30N2.C14H14O3/c1-14-9-16(3)22(17(4)10-14)24-20(7)13-21(8)25-23-18(5)11-15(2)12-19(23)6;15-9-11-5-1-3-7-13(11)17-14-8-4-2-6-12(14)10-16/h9-13,24H,1-8H3;1-8,15-16H,9-10H2/b20-13-,25-21?;. The summed E-state index contributed by atoms with van der Waals surface area (Å²) in [6.07, 6.45) is 2.11. The fourth-order valence-electron chi connectivity index (χ4n) is 5.07. The van der Waals surface area contributed by atoms with Crippen LogP contribution in [-0.2, 0) is 13.2 Å². The molecular weight excluding hydrogens is 520 g/mol. The molecule has 4 rings (SSSR count). The second-order valence-corrected chi connectivity index (χ2v) is 10.9. The summed E-state index contributed by atoms with van der Waals surface area (Å²) in [4.78, 5) is 4.84. The molecule has 0 aliphatic rings. The number of anilines is 1. The summed E-state index contributed by atoms with van der Waals surface area (Å²) in [5, 5.41) is 21.9. The van der Waals surface area contributed by atoms with Gasteiger partial charge in [0.05, 0.1) is 18.9 Å². The quantitative estimate of drug-likeness (QED) is 0.187. The Bertz CT molecular complexity index is 1490. The van der Waals surface area contributed by atoms with E-state index in [2.05, 4.69) is 91.0 Å². The van der Waals surface area contributed by atoms with Crippen molar-refractivity contribution < 1.29 is 14.9 Å². The van der Waals surface area contributed by atoms with Crippen molar-refractivity contribution in [2.24, 2.45) is 4.99 Å². The molecule has 0 unspecified atom stereocenters. The molecule has 0 aliphatic carbocycles. The highest BCUT2D eigenvalue weighted by atomic mass is 16.5. The van der Waals surface area contributed by atoms with E-state index in [1.165, 1.54) is 39.1 Å². The molecule has 4 aromatic carbocycles. The Morgan fingerprint density at radius 3 is 1.57 bits per heavy atom. The number of nitrogens with zero attached hydrogens (tertiary/aromatic N) is 1. The summed E-state index contributed by atoms with van der Waals surface area (Å²) in [7, 11) is 0. The van der Waals surface area contributed by atoms with Crippen molar-refractivity contribution in [2.75, 3.05) is 5.32 Å². The number of aliphatic hydroxyl groups excluding tert-OH is 2. The summed E-state index contributed by atoms with van der Waals surface area (Å²) in [6, 6.07) is 23.4. The number of nitrogens with one attached hydrogen (secondary N) is 1. The van der Waals surface area contributed by atoms with Gasteiger partial charge in [0.2, 0.25) is 0 Å². The lowest BCUT2D eigenvalue weighted by Gasteiger charge is -2.14. The van der Waals surface area contributed by atoms with Gasteiger partial charge in [-0.25, -0.2) is 0 Å². The summed E-state index contributed by atoms with van der Waals surface area (Å²) in [5.74, 6) is 1.21. The van der Waals surface area contributed by atoms with Crippen LogP contribution >= 0.6 is 0 Å². The molecule has 0 fully saturated rings. The number of para-hydroxylation sites is 2. The zero-order chi connectivity index (χ0) is 30.8. The van der Waals surface area contributed by atoms with E-state index in [0.29, 0.717) is 11.5 Å². The van der Waals surface area contributed by atoms with Crippen molar-refractivity contribution in [1.29, 1.82) is 0 Å². The molecular formula is C37H44N2O3. The monoisotopic (exact) mass is 564 g/mol. The predicted octanol–water partition coefficient (Wildman–Crippen LogP) is 9.11. The van der Waals surface area contributed by atoms with Crippen LogP contribution in [0.2, 0.25) is 0 Å². The van der Waals surface area contributed by atoms with Gasteiger partial charge in [-0.15, -0.1) is 0 Å². The first-order valence-corrected chi connectivity index (χ1v) is 14.2. The fraction of sp³-hybridized carbons (Fsp3) is 0.270. The Balaban J connectivity index is 0.000000247. The smallest absolute Gasteiger partial charge is 0.132 e. The Morgan fingerprint density at radius 2 is 1.12 bits per heavy atom. The van der Waals surface area contributed by atoms with E-state index < -0.39 is 0 Å². The van der Waals surface area contributed by atoms with E-state index in [1.807, 2.05) is 24.3 Å². The molecule has 0 saturated heterocycles. The lowest BCUT2D eigenvalue weighted by atomic mass is 10.0. The SMILES string of the molecule is CC(/C=C(/C)Nc1c(C)cc(C)cc1C)=Nc1c(C)cc(C)cc1C.OCc1ccccc1Oc1ccccc1CO. The molecule has 0 amide bonds. The Labute approximate surface area is 251 Å². The van der Waals surface area contributed by atoms with E-state index in [1.54, 1.807) is 24.3 Å². The zero-order valence-corrected chi connectivity index (χ0v) is 26.2. The number of hydrogen-bond donors (Lipinski definition) is 3. The molecule has 5 heteroatoms. The van der Waals surface area contributed by atoms with Crippen LogP contribution in [0.3, 0.4) is 0 Å². The average Bonchev–Trinajstić information content (AvgIpc) is 2.93. The largest absolute Gasteiger partial charge is 0.457 e. The van der Waals surface area contributed by atoms with Gasteiger partial charge in [0.15, 0.2) is 0 Å². The Hall–Kier alpha value is -4.19. The molecule has 0 atom stereocenters. The highest BCUT2D eigenvalue weighted by molar-refractivity contribution is 5.96. The second-order valence-electron chi connectivity index (χ2n) is 10.9. The third-order valence-electron chi connectivity index (χ3n) is 6.85. The molecule has 0 aromatic heterocycles. The van der Waals surface area contributed by atoms with Crippen molar-refractivity contribution in [3.63, 3.8) is 0 Å². The van der Waals surface area contributed by atoms with E-state index in [0.717, 1.165) is 28.2 Å². The number of allylic oxidation sites excluding steroid dienone is 2. The minimum atomic E-state index is -0.0720. The van der Waals surface area contributed by atoms with E-state index in [9.17, 15) is 10.2 Å². The number of aliphatic imine (C=N–C) groups is 1. The maximum absolute atomic E-state index is 9.19. The lowest BCUT2D eigenvalue weighted by molar-refractivity contribution is 0.271. The third-order valence-corrected chi connectivity index (χ3v) is 6.85. The summed E-state index contributed by atoms with van der Waals surface area (Å²) >= 11 is 0. The molecule has 220 valence electrons. The van der Waals surface area contributed by atoms with Gasteiger partial charge in [0, 0.05) is 28.2 Å². The predicted molar refractivity (Wildman–Crippen MR) is 176 cm³/mol. The van der Waals surface area contributed by atoms with Crippen LogP contribution in [0.25, 0.3) is 0 Å². The molecule has 5 nitrogen and oxygen atoms in total. The minimum Gasteiger partial charge on any atom is -0.457 e. The number of hydrogen-bond acceptors (Lipinski definition) is 5. The zero-order valence-electron chi connectivity index (χ0n) is 26.2. The number of aliphatic hydroxyl groups is 2. The molecule has 0 saturated carbocycles. The van der Waals surface area contributed by atoms with Gasteiger partial charge in [-0.05, 0) is 95.9 Å². The van der Waals surface area contributed by atoms with Crippen LogP contribution in [0.4, 0.5) is 11.4 Å². The Morgan fingerprint density at radius 1 is 0.690 bits per heavy atom. The van der Waals surface area contributed by atoms with Crippen LogP contribution in [0.15, 0.2) is 89.6 Å². The van der Waals surface area contributed by atoms with E-state index in [4.69, 9.17) is 9.73 Å². The topological polar surface area (TPSA) is 74.1 Å². The molecule has 3 N–H and O–H groups in total. The van der Waals surface area contributed by atoms with Crippen LogP contribution in [0.5, 0.6) is 11.5 Å². The van der Waals surface area contributed by atoms with Gasteiger partial charge in [0.25, 0.3) is 0 Å². The number of ether oxygens (including phenoxy) is 1. The highest BCUT2D eigenvalue weighted by Crippen LogP contribution is 2.29. The molecule has 0 radical (unpaired) electrons. The number of benzene rings is 4. The van der Waals surface area contributed by atoms with Gasteiger partial charge in [0.1, 0.15) is 11.5 Å². The van der Waals surface area contributed by atoms with Crippen LogP contribution in [0.1, 0.15) is 58.4 Å². The minimum absolute atomic E-state index is 0.0720. The number of aryl methyl sites for hydroxylation is 6. The van der Waals surface area contributed by atoms with Crippen LogP contribution in [-0.4, -0.2) is 15.9 Å². The molecule has 0 heterocycles. The molecule has 0 bridgehead atoms. The molecule has 0 aliphatic heterocycles. The van der Waals surface area contributed by atoms with E-state index in [-0.39, 0.29) is 13.2 Å². The van der Waals surface area contributed by atoms with Crippen LogP contribution in [0, 0.1) is 41.5 Å². The molecule has 0 spiro atoms. The molecule has 42 heavy (non-hydrogen) atoms. The summed E-state index contributed by atoms with van der Waals surface area (Å²) < 4.78 is 5.70. The van der Waals surface area contributed by atoms with Crippen molar-refractivity contribution in [1.82, 2.24) is 0 Å². The van der Waals surface area contributed by atoms with Gasteiger partial charge >= 0.3 is 0 Å². The van der Waals surface area contributed by atoms with Gasteiger partial charge in [-0.1, -0.05) is 71.8 Å². The van der Waals surface area contributed by atoms with Crippen molar-refractivity contribution in [2.45, 2.75) is 68.6 Å². The second kappa shape index (κ2) is 15.2. The van der Waals surface area contributed by atoms with Crippen LogP contribution < -0.4 is 10.1 Å². The molecule has 4 aromatic rings. The third kappa shape index (κ3) is 8.90. The Kier molecular flexibility index (Phi) is 11.7. The first-order chi connectivity index (χ1) is 20.0. The summed E-state index contributed by atoms with van der Waals surface area (Å²) in [5.41, 5.74) is 13.4. The maximum Gasteiger partial charge on any atom is 0.132 e.